The number of phenols is 1. The van der Waals surface area contributed by atoms with Crippen molar-refractivity contribution >= 4 is 29.3 Å². The monoisotopic (exact) mass is 507 g/mol. The number of carbonyl (C=O) groups is 4. The Labute approximate surface area is 216 Å². The second-order valence-corrected chi connectivity index (χ2v) is 8.88. The van der Waals surface area contributed by atoms with E-state index in [2.05, 4.69) is 16.0 Å². The molecule has 0 fully saturated rings. The number of hydrogen-bond acceptors (Lipinski definition) is 7. The lowest BCUT2D eigenvalue weighted by atomic mass is 10.1. The van der Waals surface area contributed by atoms with Crippen LogP contribution in [-0.2, 0) is 14.4 Å². The quantitative estimate of drug-likeness (QED) is 0.287. The van der Waals surface area contributed by atoms with E-state index in [-0.39, 0.29) is 46.9 Å². The Balaban J connectivity index is 1.91. The number of amides is 4. The molecule has 1 aliphatic rings. The molecular formula is C27H33N5O5. The minimum absolute atomic E-state index is 0.0370. The maximum Gasteiger partial charge on any atom is 0.279 e. The molecule has 10 nitrogen and oxygen atoms in total. The van der Waals surface area contributed by atoms with Gasteiger partial charge in [0.25, 0.3) is 17.7 Å². The van der Waals surface area contributed by atoms with Crippen LogP contribution in [0.5, 0.6) is 5.75 Å². The number of nitrogens with one attached hydrogen (secondary N) is 3. The zero-order valence-corrected chi connectivity index (χ0v) is 21.7. The number of benzene rings is 2. The van der Waals surface area contributed by atoms with Gasteiger partial charge in [-0.15, -0.1) is 0 Å². The predicted octanol–water partition coefficient (Wildman–Crippen LogP) is 2.35. The third-order valence-electron chi connectivity index (χ3n) is 6.12. The summed E-state index contributed by atoms with van der Waals surface area (Å²) in [5, 5.41) is 19.4. The van der Waals surface area contributed by atoms with Crippen LogP contribution in [0.15, 0.2) is 59.9 Å². The van der Waals surface area contributed by atoms with Crippen molar-refractivity contribution in [3.8, 4) is 5.75 Å². The second-order valence-electron chi connectivity index (χ2n) is 8.88. The molecule has 0 saturated heterocycles. The van der Waals surface area contributed by atoms with E-state index in [4.69, 9.17) is 0 Å². The number of carbonyl (C=O) groups excluding carboxylic acids is 4. The first-order valence-corrected chi connectivity index (χ1v) is 12.1. The SMILES string of the molecule is CC[C@@H](NC1=C(Nc2cccc(C(=O)N(C)C)c2O)C(=O)N(CC)C1=O)C(=O)NC(C)c1ccccc1. The summed E-state index contributed by atoms with van der Waals surface area (Å²) in [6, 6.07) is 12.9. The highest BCUT2D eigenvalue weighted by Gasteiger charge is 2.39. The van der Waals surface area contributed by atoms with E-state index in [1.807, 2.05) is 37.3 Å². The number of anilines is 1. The molecular weight excluding hydrogens is 474 g/mol. The number of likely N-dealkylation sites (N-methyl/N-ethyl adjacent to an activating group) is 1. The molecule has 0 aliphatic carbocycles. The number of imide groups is 1. The highest BCUT2D eigenvalue weighted by molar-refractivity contribution is 6.20. The van der Waals surface area contributed by atoms with Gasteiger partial charge < -0.3 is 26.0 Å². The van der Waals surface area contributed by atoms with Crippen LogP contribution in [0, 0.1) is 0 Å². The van der Waals surface area contributed by atoms with Crippen LogP contribution >= 0.6 is 0 Å². The molecule has 0 radical (unpaired) electrons. The van der Waals surface area contributed by atoms with Gasteiger partial charge in [-0.25, -0.2) is 0 Å². The highest BCUT2D eigenvalue weighted by atomic mass is 16.3. The Kier molecular flexibility index (Phi) is 8.54. The summed E-state index contributed by atoms with van der Waals surface area (Å²) < 4.78 is 0. The van der Waals surface area contributed by atoms with Crippen LogP contribution in [0.25, 0.3) is 0 Å². The number of phenolic OH excluding ortho intramolecular Hbond substituents is 1. The van der Waals surface area contributed by atoms with Gasteiger partial charge in [-0.2, -0.15) is 0 Å². The number of nitrogens with zero attached hydrogens (tertiary/aromatic N) is 2. The number of hydrogen-bond donors (Lipinski definition) is 4. The topological polar surface area (TPSA) is 131 Å². The predicted molar refractivity (Wildman–Crippen MR) is 139 cm³/mol. The lowest BCUT2D eigenvalue weighted by Crippen LogP contribution is -2.46. The number of rotatable bonds is 10. The molecule has 3 rings (SSSR count). The summed E-state index contributed by atoms with van der Waals surface area (Å²) in [4.78, 5) is 54.0. The summed E-state index contributed by atoms with van der Waals surface area (Å²) in [6.45, 7) is 5.43. The number of para-hydroxylation sites is 1. The molecule has 4 N–H and O–H groups in total. The third kappa shape index (κ3) is 5.74. The van der Waals surface area contributed by atoms with Crippen molar-refractivity contribution in [1.82, 2.24) is 20.4 Å². The molecule has 0 spiro atoms. The van der Waals surface area contributed by atoms with Crippen molar-refractivity contribution in [3.63, 3.8) is 0 Å². The molecule has 1 unspecified atom stereocenters. The van der Waals surface area contributed by atoms with E-state index in [1.165, 1.54) is 17.0 Å². The van der Waals surface area contributed by atoms with Gasteiger partial charge in [-0.3, -0.25) is 24.1 Å². The van der Waals surface area contributed by atoms with Gasteiger partial charge in [-0.05, 0) is 38.0 Å². The van der Waals surface area contributed by atoms with Gasteiger partial charge >= 0.3 is 0 Å². The molecule has 1 heterocycles. The highest BCUT2D eigenvalue weighted by Crippen LogP contribution is 2.31. The Morgan fingerprint density at radius 1 is 0.973 bits per heavy atom. The van der Waals surface area contributed by atoms with Crippen LogP contribution in [0.3, 0.4) is 0 Å². The average Bonchev–Trinajstić information content (AvgIpc) is 3.11. The minimum atomic E-state index is -0.804. The summed E-state index contributed by atoms with van der Waals surface area (Å²) >= 11 is 0. The summed E-state index contributed by atoms with van der Waals surface area (Å²) in [5.74, 6) is -2.30. The van der Waals surface area contributed by atoms with Crippen molar-refractivity contribution in [1.29, 1.82) is 0 Å². The summed E-state index contributed by atoms with van der Waals surface area (Å²) in [7, 11) is 3.11. The standard InChI is InChI=1S/C27H33N5O5/c1-6-19(24(34)28-16(3)17-12-9-8-10-13-17)29-21-22(27(37)32(7-2)26(21)36)30-20-15-11-14-18(23(20)33)25(35)31(4)5/h8-16,19,29-30,33H,6-7H2,1-5H3,(H,28,34)/t16?,19-/m1/s1. The van der Waals surface area contributed by atoms with Crippen molar-refractivity contribution in [2.75, 3.05) is 26.0 Å². The van der Waals surface area contributed by atoms with Crippen LogP contribution in [0.1, 0.15) is 49.2 Å². The fraction of sp³-hybridized carbons (Fsp3) is 0.333. The maximum atomic E-state index is 13.1. The first-order chi connectivity index (χ1) is 17.6. The third-order valence-corrected chi connectivity index (χ3v) is 6.12. The molecule has 10 heteroatoms. The Morgan fingerprint density at radius 2 is 1.62 bits per heavy atom. The molecule has 196 valence electrons. The first-order valence-electron chi connectivity index (χ1n) is 12.1. The Hall–Kier alpha value is -4.34. The van der Waals surface area contributed by atoms with Gasteiger partial charge in [-0.1, -0.05) is 43.3 Å². The molecule has 1 aliphatic heterocycles. The molecule has 0 aromatic heterocycles. The van der Waals surface area contributed by atoms with Crippen molar-refractivity contribution in [2.45, 2.75) is 39.3 Å². The summed E-state index contributed by atoms with van der Waals surface area (Å²) in [5.41, 5.74) is 0.856. The van der Waals surface area contributed by atoms with E-state index >= 15 is 0 Å². The van der Waals surface area contributed by atoms with Crippen LogP contribution in [-0.4, -0.2) is 65.2 Å². The lowest BCUT2D eigenvalue weighted by molar-refractivity contribution is -0.137. The van der Waals surface area contributed by atoms with E-state index in [0.29, 0.717) is 6.42 Å². The van der Waals surface area contributed by atoms with Crippen molar-refractivity contribution in [3.05, 3.63) is 71.1 Å². The Morgan fingerprint density at radius 3 is 2.22 bits per heavy atom. The van der Waals surface area contributed by atoms with E-state index in [1.54, 1.807) is 34.0 Å². The van der Waals surface area contributed by atoms with Gasteiger partial charge in [0.1, 0.15) is 17.4 Å². The molecule has 2 aromatic carbocycles. The van der Waals surface area contributed by atoms with Crippen LogP contribution in [0.2, 0.25) is 0 Å². The normalized spacial score (nSPS) is 14.9. The summed E-state index contributed by atoms with van der Waals surface area (Å²) in [6.07, 6.45) is 0.343. The zero-order valence-electron chi connectivity index (χ0n) is 21.7. The maximum absolute atomic E-state index is 13.1. The Bertz CT molecular complexity index is 1220. The van der Waals surface area contributed by atoms with Gasteiger partial charge in [0, 0.05) is 20.6 Å². The molecule has 0 bridgehead atoms. The average molecular weight is 508 g/mol. The second kappa shape index (κ2) is 11.6. The van der Waals surface area contributed by atoms with Crippen molar-refractivity contribution < 1.29 is 24.3 Å². The minimum Gasteiger partial charge on any atom is -0.505 e. The van der Waals surface area contributed by atoms with Gasteiger partial charge in [0.05, 0.1) is 17.3 Å². The number of aromatic hydroxyl groups is 1. The molecule has 37 heavy (non-hydrogen) atoms. The largest absolute Gasteiger partial charge is 0.505 e. The molecule has 2 atom stereocenters. The van der Waals surface area contributed by atoms with E-state index in [0.717, 1.165) is 10.5 Å². The fourth-order valence-corrected chi connectivity index (χ4v) is 3.97. The zero-order chi connectivity index (χ0) is 27.3. The molecule has 2 aromatic rings. The van der Waals surface area contributed by atoms with Gasteiger partial charge in [0.2, 0.25) is 5.91 Å². The molecule has 4 amide bonds. The van der Waals surface area contributed by atoms with Crippen LogP contribution < -0.4 is 16.0 Å². The first kappa shape index (κ1) is 27.3. The smallest absolute Gasteiger partial charge is 0.279 e. The van der Waals surface area contributed by atoms with E-state index in [9.17, 15) is 24.3 Å². The van der Waals surface area contributed by atoms with Crippen molar-refractivity contribution in [2.24, 2.45) is 0 Å². The fourth-order valence-electron chi connectivity index (χ4n) is 3.97. The lowest BCUT2D eigenvalue weighted by Gasteiger charge is -2.22. The molecule has 0 saturated carbocycles. The van der Waals surface area contributed by atoms with Crippen LogP contribution in [0.4, 0.5) is 5.69 Å². The van der Waals surface area contributed by atoms with Gasteiger partial charge in [0.15, 0.2) is 5.75 Å². The van der Waals surface area contributed by atoms with E-state index < -0.39 is 23.8 Å².